The van der Waals surface area contributed by atoms with E-state index in [2.05, 4.69) is 17.6 Å². The number of hydrogen-bond acceptors (Lipinski definition) is 3. The fourth-order valence-corrected chi connectivity index (χ4v) is 3.12. The van der Waals surface area contributed by atoms with Gasteiger partial charge in [0, 0.05) is 24.6 Å². The van der Waals surface area contributed by atoms with E-state index in [0.29, 0.717) is 0 Å². The van der Waals surface area contributed by atoms with Crippen LogP contribution in [0.5, 0.6) is 0 Å². The number of nitrogens with one attached hydrogen (secondary N) is 2. The van der Waals surface area contributed by atoms with Crippen LogP contribution in [0.4, 0.5) is 0 Å². The van der Waals surface area contributed by atoms with E-state index >= 15 is 0 Å². The monoisotopic (exact) mass is 240 g/mol. The van der Waals surface area contributed by atoms with Crippen LogP contribution in [0.25, 0.3) is 0 Å². The first-order chi connectivity index (χ1) is 8.22. The fraction of sp³-hybridized carbons (Fsp3) is 0.923. The summed E-state index contributed by atoms with van der Waals surface area (Å²) in [7, 11) is 0. The van der Waals surface area contributed by atoms with E-state index in [1.54, 1.807) is 0 Å². The third-order valence-corrected chi connectivity index (χ3v) is 4.33. The van der Waals surface area contributed by atoms with Crippen LogP contribution in [-0.4, -0.2) is 36.2 Å². The Morgan fingerprint density at radius 2 is 2.12 bits per heavy atom. The van der Waals surface area contributed by atoms with Crippen LogP contribution in [0, 0.1) is 11.8 Å². The number of amides is 1. The lowest BCUT2D eigenvalue weighted by Gasteiger charge is -2.32. The Morgan fingerprint density at radius 3 is 2.76 bits per heavy atom. The van der Waals surface area contributed by atoms with Crippen molar-refractivity contribution in [2.75, 3.05) is 13.2 Å². The lowest BCUT2D eigenvalue weighted by Crippen LogP contribution is -2.47. The summed E-state index contributed by atoms with van der Waals surface area (Å²) in [6.45, 7) is 3.21. The van der Waals surface area contributed by atoms with Gasteiger partial charge in [0.15, 0.2) is 0 Å². The van der Waals surface area contributed by atoms with Crippen molar-refractivity contribution in [1.82, 2.24) is 10.6 Å². The lowest BCUT2D eigenvalue weighted by molar-refractivity contribution is -0.126. The Bertz CT molecular complexity index is 270. The molecule has 0 bridgehead atoms. The maximum atomic E-state index is 12.2. The molecular formula is C13H24N2O2. The highest BCUT2D eigenvalue weighted by Gasteiger charge is 2.32. The zero-order chi connectivity index (χ0) is 12.3. The van der Waals surface area contributed by atoms with Gasteiger partial charge in [0.25, 0.3) is 0 Å². The van der Waals surface area contributed by atoms with E-state index in [1.807, 2.05) is 0 Å². The first-order valence-corrected chi connectivity index (χ1v) is 6.87. The Labute approximate surface area is 103 Å². The van der Waals surface area contributed by atoms with Gasteiger partial charge in [-0.1, -0.05) is 12.8 Å². The Morgan fingerprint density at radius 1 is 1.35 bits per heavy atom. The maximum Gasteiger partial charge on any atom is 0.224 e. The maximum absolute atomic E-state index is 12.2. The first-order valence-electron chi connectivity index (χ1n) is 6.87. The molecule has 4 heteroatoms. The van der Waals surface area contributed by atoms with Crippen LogP contribution in [0.3, 0.4) is 0 Å². The summed E-state index contributed by atoms with van der Waals surface area (Å²) in [6, 6.07) is 0.472. The summed E-state index contributed by atoms with van der Waals surface area (Å²) in [5, 5.41) is 15.8. The number of carbonyl (C=O) groups excluding carboxylic acids is 1. The zero-order valence-corrected chi connectivity index (χ0v) is 10.6. The number of aliphatic hydroxyl groups excluding tert-OH is 1. The molecule has 2 aliphatic rings. The molecule has 0 aromatic carbocycles. The highest BCUT2D eigenvalue weighted by Crippen LogP contribution is 2.25. The molecule has 2 fully saturated rings. The average molecular weight is 240 g/mol. The smallest absolute Gasteiger partial charge is 0.224 e. The highest BCUT2D eigenvalue weighted by molar-refractivity contribution is 5.80. The van der Waals surface area contributed by atoms with Gasteiger partial charge in [-0.15, -0.1) is 0 Å². The van der Waals surface area contributed by atoms with Gasteiger partial charge in [0.05, 0.1) is 5.92 Å². The molecule has 17 heavy (non-hydrogen) atoms. The summed E-state index contributed by atoms with van der Waals surface area (Å²) < 4.78 is 0. The van der Waals surface area contributed by atoms with Gasteiger partial charge in [0.2, 0.25) is 5.91 Å². The van der Waals surface area contributed by atoms with Crippen molar-refractivity contribution >= 4 is 5.91 Å². The van der Waals surface area contributed by atoms with Crippen LogP contribution in [0.15, 0.2) is 0 Å². The van der Waals surface area contributed by atoms with E-state index < -0.39 is 0 Å². The molecule has 1 aliphatic carbocycles. The lowest BCUT2D eigenvalue weighted by atomic mass is 9.84. The van der Waals surface area contributed by atoms with Crippen LogP contribution < -0.4 is 10.6 Å². The van der Waals surface area contributed by atoms with Crippen molar-refractivity contribution in [2.45, 2.75) is 51.1 Å². The van der Waals surface area contributed by atoms with Gasteiger partial charge in [0.1, 0.15) is 0 Å². The molecule has 1 amide bonds. The van der Waals surface area contributed by atoms with Crippen LogP contribution in [0.1, 0.15) is 39.0 Å². The second kappa shape index (κ2) is 5.83. The van der Waals surface area contributed by atoms with Gasteiger partial charge in [-0.2, -0.15) is 0 Å². The number of rotatable bonds is 3. The predicted molar refractivity (Wildman–Crippen MR) is 66.5 cm³/mol. The standard InChI is InChI=1S/C13H24N2O2/c1-9-11(6-7-14-9)13(17)15-12-5-3-2-4-10(12)8-16/h9-12,14,16H,2-8H2,1H3,(H,15,17). The molecule has 4 unspecified atom stereocenters. The van der Waals surface area contributed by atoms with E-state index in [9.17, 15) is 9.90 Å². The molecule has 4 atom stereocenters. The predicted octanol–water partition coefficient (Wildman–Crippen LogP) is 0.652. The zero-order valence-electron chi connectivity index (χ0n) is 10.6. The molecule has 1 saturated heterocycles. The van der Waals surface area contributed by atoms with E-state index in [-0.39, 0.29) is 36.4 Å². The topological polar surface area (TPSA) is 61.4 Å². The minimum Gasteiger partial charge on any atom is -0.396 e. The van der Waals surface area contributed by atoms with Crippen molar-refractivity contribution in [3.63, 3.8) is 0 Å². The minimum atomic E-state index is 0.108. The first kappa shape index (κ1) is 12.8. The molecule has 1 aliphatic heterocycles. The van der Waals surface area contributed by atoms with Crippen LogP contribution >= 0.6 is 0 Å². The van der Waals surface area contributed by atoms with Crippen LogP contribution in [0.2, 0.25) is 0 Å². The average Bonchev–Trinajstić information content (AvgIpc) is 2.76. The summed E-state index contributed by atoms with van der Waals surface area (Å²) >= 11 is 0. The molecule has 2 rings (SSSR count). The summed E-state index contributed by atoms with van der Waals surface area (Å²) in [4.78, 5) is 12.2. The molecule has 4 nitrogen and oxygen atoms in total. The van der Waals surface area contributed by atoms with Gasteiger partial charge < -0.3 is 15.7 Å². The van der Waals surface area contributed by atoms with Gasteiger partial charge in [-0.05, 0) is 32.7 Å². The normalized spacial score (nSPS) is 38.0. The fourth-order valence-electron chi connectivity index (χ4n) is 3.12. The summed E-state index contributed by atoms with van der Waals surface area (Å²) in [6.07, 6.45) is 5.34. The van der Waals surface area contributed by atoms with Gasteiger partial charge in [-0.3, -0.25) is 4.79 Å². The number of carbonyl (C=O) groups is 1. The van der Waals surface area contributed by atoms with E-state index in [0.717, 1.165) is 25.8 Å². The second-order valence-electron chi connectivity index (χ2n) is 5.48. The molecule has 0 radical (unpaired) electrons. The van der Waals surface area contributed by atoms with Crippen molar-refractivity contribution in [2.24, 2.45) is 11.8 Å². The molecule has 0 spiro atoms. The number of hydrogen-bond donors (Lipinski definition) is 3. The molecule has 0 aromatic rings. The molecule has 98 valence electrons. The largest absolute Gasteiger partial charge is 0.396 e. The second-order valence-corrected chi connectivity index (χ2v) is 5.48. The Balaban J connectivity index is 1.88. The molecule has 0 aromatic heterocycles. The third-order valence-electron chi connectivity index (χ3n) is 4.33. The van der Waals surface area contributed by atoms with Crippen molar-refractivity contribution < 1.29 is 9.90 Å². The van der Waals surface area contributed by atoms with E-state index in [4.69, 9.17) is 0 Å². The van der Waals surface area contributed by atoms with Crippen molar-refractivity contribution in [3.05, 3.63) is 0 Å². The van der Waals surface area contributed by atoms with E-state index in [1.165, 1.54) is 12.8 Å². The van der Waals surface area contributed by atoms with Gasteiger partial charge in [-0.25, -0.2) is 0 Å². The molecule has 3 N–H and O–H groups in total. The molecule has 1 heterocycles. The third kappa shape index (κ3) is 2.99. The highest BCUT2D eigenvalue weighted by atomic mass is 16.3. The summed E-state index contributed by atoms with van der Waals surface area (Å²) in [5.41, 5.74) is 0. The van der Waals surface area contributed by atoms with Crippen molar-refractivity contribution in [1.29, 1.82) is 0 Å². The number of aliphatic hydroxyl groups is 1. The minimum absolute atomic E-state index is 0.108. The van der Waals surface area contributed by atoms with Gasteiger partial charge >= 0.3 is 0 Å². The van der Waals surface area contributed by atoms with Crippen molar-refractivity contribution in [3.8, 4) is 0 Å². The summed E-state index contributed by atoms with van der Waals surface area (Å²) in [5.74, 6) is 0.543. The Hall–Kier alpha value is -0.610. The quantitative estimate of drug-likeness (QED) is 0.679. The SMILES string of the molecule is CC1NCCC1C(=O)NC1CCCCC1CO. The molecular weight excluding hydrogens is 216 g/mol. The Kier molecular flexibility index (Phi) is 4.40. The molecule has 1 saturated carbocycles. The van der Waals surface area contributed by atoms with Crippen LogP contribution in [-0.2, 0) is 4.79 Å².